The molecule has 13 heteroatoms. The Balaban J connectivity index is 1.41. The molecule has 202 valence electrons. The molecular weight excluding hydrogens is 528 g/mol. The number of halogens is 2. The van der Waals surface area contributed by atoms with Crippen molar-refractivity contribution in [3.05, 3.63) is 78.6 Å². The molecule has 0 bridgehead atoms. The molecule has 3 heterocycles. The quantitative estimate of drug-likeness (QED) is 0.336. The molecule has 1 amide bonds. The summed E-state index contributed by atoms with van der Waals surface area (Å²) in [7, 11) is -4.13. The van der Waals surface area contributed by atoms with Crippen molar-refractivity contribution in [2.45, 2.75) is 30.3 Å². The van der Waals surface area contributed by atoms with Gasteiger partial charge in [0.1, 0.15) is 29.5 Å². The zero-order valence-electron chi connectivity index (χ0n) is 20.7. The molecule has 1 unspecified atom stereocenters. The Kier molecular flexibility index (Phi) is 7.10. The lowest BCUT2D eigenvalue weighted by molar-refractivity contribution is -0.127. The van der Waals surface area contributed by atoms with Gasteiger partial charge in [-0.05, 0) is 36.6 Å². The fraction of sp³-hybridized carbons (Fsp3) is 0.231. The summed E-state index contributed by atoms with van der Waals surface area (Å²) in [6, 6.07) is 8.93. The van der Waals surface area contributed by atoms with Crippen LogP contribution in [-0.4, -0.2) is 52.1 Å². The third-order valence-corrected chi connectivity index (χ3v) is 7.97. The Hall–Kier alpha value is -4.23. The second-order valence-electron chi connectivity index (χ2n) is 9.16. The van der Waals surface area contributed by atoms with Gasteiger partial charge in [0.15, 0.2) is 5.65 Å². The normalized spacial score (nSPS) is 15.9. The highest BCUT2D eigenvalue weighted by Crippen LogP contribution is 2.34. The van der Waals surface area contributed by atoms with Crippen LogP contribution in [0.2, 0.25) is 0 Å². The van der Waals surface area contributed by atoms with Gasteiger partial charge >= 0.3 is 0 Å². The number of benzene rings is 2. The minimum absolute atomic E-state index is 0.101. The van der Waals surface area contributed by atoms with Crippen molar-refractivity contribution in [1.82, 2.24) is 29.4 Å². The minimum Gasteiger partial charge on any atom is -0.383 e. The number of carbonyl (C=O) groups is 1. The molecule has 0 saturated carbocycles. The molecule has 1 fully saturated rings. The third-order valence-electron chi connectivity index (χ3n) is 6.59. The lowest BCUT2D eigenvalue weighted by Crippen LogP contribution is -2.40. The number of nitrogen functional groups attached to an aromatic ring is 1. The third kappa shape index (κ3) is 5.36. The number of rotatable bonds is 7. The number of nitrogens with zero attached hydrogens (tertiary/aromatic N) is 5. The van der Waals surface area contributed by atoms with E-state index in [0.29, 0.717) is 47.0 Å². The van der Waals surface area contributed by atoms with Crippen molar-refractivity contribution >= 4 is 32.8 Å². The Morgan fingerprint density at radius 1 is 1.15 bits per heavy atom. The van der Waals surface area contributed by atoms with Crippen LogP contribution in [0, 0.1) is 11.6 Å². The number of nitrogens with two attached hydrogens (primary N) is 1. The van der Waals surface area contributed by atoms with Crippen LogP contribution in [0.5, 0.6) is 0 Å². The monoisotopic (exact) mass is 553 g/mol. The van der Waals surface area contributed by atoms with E-state index in [2.05, 4.69) is 21.3 Å². The Morgan fingerprint density at radius 2 is 1.87 bits per heavy atom. The van der Waals surface area contributed by atoms with Gasteiger partial charge in [-0.2, -0.15) is 5.10 Å². The predicted molar refractivity (Wildman–Crippen MR) is 141 cm³/mol. The van der Waals surface area contributed by atoms with Crippen molar-refractivity contribution in [2.75, 3.05) is 18.8 Å². The summed E-state index contributed by atoms with van der Waals surface area (Å²) >= 11 is 0. The fourth-order valence-electron chi connectivity index (χ4n) is 4.66. The number of amides is 1. The molecule has 0 spiro atoms. The van der Waals surface area contributed by atoms with Crippen LogP contribution in [0.25, 0.3) is 22.3 Å². The molecule has 39 heavy (non-hydrogen) atoms. The first-order valence-corrected chi connectivity index (χ1v) is 13.6. The molecule has 0 aliphatic carbocycles. The first-order chi connectivity index (χ1) is 18.7. The summed E-state index contributed by atoms with van der Waals surface area (Å²) in [5.74, 6) is -1.85. The van der Waals surface area contributed by atoms with Crippen LogP contribution < -0.4 is 10.5 Å². The molecule has 1 aliphatic heterocycles. The second-order valence-corrected chi connectivity index (χ2v) is 10.9. The van der Waals surface area contributed by atoms with E-state index >= 15 is 0 Å². The van der Waals surface area contributed by atoms with Gasteiger partial charge in [-0.3, -0.25) is 4.79 Å². The topological polar surface area (TPSA) is 136 Å². The summed E-state index contributed by atoms with van der Waals surface area (Å²) in [5, 5.41) is 5.40. The standard InChI is InChI=1S/C26H25F2N7O3S/c1-2-22(36)34-9-3-4-20(14-34)35-26-23(25(29)30-15-31-26)24(33-35)17-7-5-16(6-8-17)13-32-39(37,38)21-11-18(27)10-19(28)12-21/h2,5-8,10-12,15,20,32H,1,3-4,9,13-14H2,(H2,29,30,31). The van der Waals surface area contributed by atoms with E-state index in [9.17, 15) is 22.0 Å². The largest absolute Gasteiger partial charge is 0.383 e. The van der Waals surface area contributed by atoms with Crippen molar-refractivity contribution in [2.24, 2.45) is 0 Å². The number of hydrogen-bond acceptors (Lipinski definition) is 7. The van der Waals surface area contributed by atoms with Crippen LogP contribution in [0.1, 0.15) is 24.4 Å². The molecule has 10 nitrogen and oxygen atoms in total. The average Bonchev–Trinajstić information content (AvgIpc) is 3.32. The summed E-state index contributed by atoms with van der Waals surface area (Å²) < 4.78 is 56.1. The van der Waals surface area contributed by atoms with Crippen LogP contribution >= 0.6 is 0 Å². The van der Waals surface area contributed by atoms with Crippen LogP contribution in [0.3, 0.4) is 0 Å². The molecule has 0 radical (unpaired) electrons. The number of fused-ring (bicyclic) bond motifs is 1. The fourth-order valence-corrected chi connectivity index (χ4v) is 5.72. The van der Waals surface area contributed by atoms with Crippen molar-refractivity contribution in [1.29, 1.82) is 0 Å². The van der Waals surface area contributed by atoms with Gasteiger partial charge in [-0.1, -0.05) is 30.8 Å². The summed E-state index contributed by atoms with van der Waals surface area (Å²) in [4.78, 5) is 22.0. The summed E-state index contributed by atoms with van der Waals surface area (Å²) in [6.07, 6.45) is 4.27. The van der Waals surface area contributed by atoms with E-state index in [1.807, 2.05) is 0 Å². The van der Waals surface area contributed by atoms with Crippen LogP contribution in [0.15, 0.2) is 66.3 Å². The lowest BCUT2D eigenvalue weighted by Gasteiger charge is -2.32. The molecule has 1 saturated heterocycles. The van der Waals surface area contributed by atoms with E-state index in [4.69, 9.17) is 10.8 Å². The summed E-state index contributed by atoms with van der Waals surface area (Å²) in [5.41, 5.74) is 8.64. The number of piperidine rings is 1. The average molecular weight is 554 g/mol. The zero-order chi connectivity index (χ0) is 27.7. The van der Waals surface area contributed by atoms with Crippen molar-refractivity contribution in [3.8, 4) is 11.3 Å². The Morgan fingerprint density at radius 3 is 2.56 bits per heavy atom. The molecule has 5 rings (SSSR count). The number of sulfonamides is 1. The van der Waals surface area contributed by atoms with Crippen LogP contribution in [0.4, 0.5) is 14.6 Å². The van der Waals surface area contributed by atoms with Gasteiger partial charge in [0.2, 0.25) is 15.9 Å². The molecule has 1 aliphatic rings. The maximum absolute atomic E-state index is 13.5. The van der Waals surface area contributed by atoms with E-state index < -0.39 is 26.6 Å². The lowest BCUT2D eigenvalue weighted by atomic mass is 10.1. The highest BCUT2D eigenvalue weighted by Gasteiger charge is 2.28. The van der Waals surface area contributed by atoms with E-state index in [1.54, 1.807) is 33.8 Å². The smallest absolute Gasteiger partial charge is 0.246 e. The molecular formula is C26H25F2N7O3S. The number of hydrogen-bond donors (Lipinski definition) is 2. The first kappa shape index (κ1) is 26.4. The minimum atomic E-state index is -4.13. The van der Waals surface area contributed by atoms with Gasteiger partial charge in [-0.25, -0.2) is 36.6 Å². The maximum atomic E-state index is 13.5. The van der Waals surface area contributed by atoms with E-state index in [-0.39, 0.29) is 24.3 Å². The molecule has 2 aromatic heterocycles. The first-order valence-electron chi connectivity index (χ1n) is 12.1. The van der Waals surface area contributed by atoms with Crippen LogP contribution in [-0.2, 0) is 21.4 Å². The van der Waals surface area contributed by atoms with Gasteiger partial charge in [0.25, 0.3) is 0 Å². The highest BCUT2D eigenvalue weighted by molar-refractivity contribution is 7.89. The Labute approximate surface area is 223 Å². The molecule has 3 N–H and O–H groups in total. The number of carbonyl (C=O) groups excluding carboxylic acids is 1. The van der Waals surface area contributed by atoms with Gasteiger partial charge in [0.05, 0.1) is 16.3 Å². The number of anilines is 1. The zero-order valence-corrected chi connectivity index (χ0v) is 21.5. The van der Waals surface area contributed by atoms with E-state index in [0.717, 1.165) is 25.0 Å². The van der Waals surface area contributed by atoms with Gasteiger partial charge < -0.3 is 10.6 Å². The van der Waals surface area contributed by atoms with Gasteiger partial charge in [0, 0.05) is 31.3 Å². The number of likely N-dealkylation sites (tertiary alicyclic amines) is 1. The Bertz CT molecular complexity index is 1650. The number of nitrogens with one attached hydrogen (secondary N) is 1. The highest BCUT2D eigenvalue weighted by atomic mass is 32.2. The number of aromatic nitrogens is 4. The molecule has 2 aromatic carbocycles. The van der Waals surface area contributed by atoms with Gasteiger partial charge in [-0.15, -0.1) is 0 Å². The SMILES string of the molecule is C=CC(=O)N1CCCC(n2nc(-c3ccc(CNS(=O)(=O)c4cc(F)cc(F)c4)cc3)c3c(N)ncnc32)C1. The van der Waals surface area contributed by atoms with Crippen molar-refractivity contribution in [3.63, 3.8) is 0 Å². The second kappa shape index (κ2) is 10.5. The molecule has 4 aromatic rings. The summed E-state index contributed by atoms with van der Waals surface area (Å²) in [6.45, 7) is 4.58. The predicted octanol–water partition coefficient (Wildman–Crippen LogP) is 3.18. The molecule has 1 atom stereocenters. The van der Waals surface area contributed by atoms with E-state index in [1.165, 1.54) is 12.4 Å². The van der Waals surface area contributed by atoms with Crippen molar-refractivity contribution < 1.29 is 22.0 Å². The maximum Gasteiger partial charge on any atom is 0.246 e.